The summed E-state index contributed by atoms with van der Waals surface area (Å²) in [6.07, 6.45) is 0. The van der Waals surface area contributed by atoms with E-state index in [-0.39, 0.29) is 10.5 Å². The lowest BCUT2D eigenvalue weighted by atomic mass is 9.78. The first kappa shape index (κ1) is 19.4. The fourth-order valence-electron chi connectivity index (χ4n) is 2.24. The molecule has 122 valence electrons. The molecule has 2 nitrogen and oxygen atoms in total. The lowest BCUT2D eigenvalue weighted by Crippen LogP contribution is -2.20. The van der Waals surface area contributed by atoms with Crippen molar-refractivity contribution in [2.75, 3.05) is 0 Å². The first-order valence-corrected chi connectivity index (χ1v) is 8.13. The van der Waals surface area contributed by atoms with Crippen molar-refractivity contribution in [2.24, 2.45) is 0 Å². The molecular weight excluding hydrogens is 324 g/mol. The van der Waals surface area contributed by atoms with Crippen LogP contribution < -0.4 is 4.74 Å². The number of benzene rings is 2. The molecule has 2 rings (SSSR count). The lowest BCUT2D eigenvalue weighted by molar-refractivity contribution is -0.108. The molecular formula is C19H22O2S2. The van der Waals surface area contributed by atoms with Crippen molar-refractivity contribution in [1.29, 1.82) is 0 Å². The summed E-state index contributed by atoms with van der Waals surface area (Å²) in [5, 5.41) is 0.399. The maximum Gasteiger partial charge on any atom is 0.182 e. The van der Waals surface area contributed by atoms with Gasteiger partial charge in [-0.1, -0.05) is 62.4 Å². The van der Waals surface area contributed by atoms with Gasteiger partial charge in [0.15, 0.2) is 10.2 Å². The molecule has 0 bridgehead atoms. The zero-order valence-corrected chi connectivity index (χ0v) is 15.6. The summed E-state index contributed by atoms with van der Waals surface area (Å²) in [7, 11) is 0. The Labute approximate surface area is 149 Å². The maximum absolute atomic E-state index is 9.31. The van der Waals surface area contributed by atoms with Crippen molar-refractivity contribution in [1.82, 2.24) is 0 Å². The fourth-order valence-corrected chi connectivity index (χ4v) is 2.33. The van der Waals surface area contributed by atoms with Crippen LogP contribution in [-0.2, 0) is 10.2 Å². The highest BCUT2D eigenvalue weighted by molar-refractivity contribution is 7.96. The summed E-state index contributed by atoms with van der Waals surface area (Å²) < 4.78 is 5.68. The molecule has 4 heteroatoms. The van der Waals surface area contributed by atoms with Gasteiger partial charge in [-0.3, -0.25) is 4.79 Å². The van der Waals surface area contributed by atoms with Gasteiger partial charge in [0.1, 0.15) is 5.75 Å². The van der Waals surface area contributed by atoms with Crippen LogP contribution in [0.15, 0.2) is 54.6 Å². The number of rotatable bonds is 3. The van der Waals surface area contributed by atoms with E-state index in [4.69, 9.17) is 17.0 Å². The minimum Gasteiger partial charge on any atom is -0.450 e. The Morgan fingerprint density at radius 2 is 1.48 bits per heavy atom. The number of carbonyl (C=O) groups excluding carboxylic acids is 1. The average molecular weight is 347 g/mol. The standard InChI is InChI=1S/C17H18OS.C2H4OS/c1-13(19)18-16-12-8-7-11-15(16)17(2,3)14-9-5-4-6-10-14;1-2(3)4/h4-12H,1-3H3;1H3,(H,3,4). The van der Waals surface area contributed by atoms with Gasteiger partial charge in [-0.15, -0.1) is 12.6 Å². The Morgan fingerprint density at radius 1 is 1.00 bits per heavy atom. The maximum atomic E-state index is 9.31. The molecule has 2 aromatic carbocycles. The molecule has 0 saturated heterocycles. The van der Waals surface area contributed by atoms with E-state index in [1.54, 1.807) is 6.92 Å². The molecule has 0 fully saturated rings. The predicted octanol–water partition coefficient (Wildman–Crippen LogP) is 5.20. The van der Waals surface area contributed by atoms with Gasteiger partial charge in [0.25, 0.3) is 0 Å². The molecule has 0 aliphatic carbocycles. The Kier molecular flexibility index (Phi) is 7.46. The molecule has 0 unspecified atom stereocenters. The van der Waals surface area contributed by atoms with Crippen LogP contribution in [0.5, 0.6) is 5.75 Å². The van der Waals surface area contributed by atoms with Crippen LogP contribution in [0.4, 0.5) is 0 Å². The Bertz CT molecular complexity index is 660. The van der Waals surface area contributed by atoms with Gasteiger partial charge in [0.05, 0.1) is 0 Å². The van der Waals surface area contributed by atoms with Gasteiger partial charge in [0.2, 0.25) is 0 Å². The lowest BCUT2D eigenvalue weighted by Gasteiger charge is -2.28. The molecule has 0 amide bonds. The van der Waals surface area contributed by atoms with Crippen LogP contribution in [0, 0.1) is 0 Å². The molecule has 0 aromatic heterocycles. The molecule has 0 spiro atoms. The predicted molar refractivity (Wildman–Crippen MR) is 104 cm³/mol. The third-order valence-electron chi connectivity index (χ3n) is 3.31. The van der Waals surface area contributed by atoms with Gasteiger partial charge in [-0.25, -0.2) is 0 Å². The fraction of sp³-hybridized carbons (Fsp3) is 0.263. The highest BCUT2D eigenvalue weighted by Crippen LogP contribution is 2.37. The molecule has 0 radical (unpaired) electrons. The molecule has 23 heavy (non-hydrogen) atoms. The number of carbonyl (C=O) groups is 1. The van der Waals surface area contributed by atoms with E-state index in [2.05, 4.69) is 56.8 Å². The van der Waals surface area contributed by atoms with Crippen molar-refractivity contribution in [3.8, 4) is 5.75 Å². The summed E-state index contributed by atoms with van der Waals surface area (Å²) in [5.41, 5.74) is 2.28. The third-order valence-corrected chi connectivity index (χ3v) is 3.39. The van der Waals surface area contributed by atoms with Crippen LogP contribution in [0.3, 0.4) is 0 Å². The van der Waals surface area contributed by atoms with Crippen LogP contribution in [0.2, 0.25) is 0 Å². The first-order chi connectivity index (χ1) is 10.7. The minimum absolute atomic E-state index is 0.122. The number of hydrogen-bond donors (Lipinski definition) is 1. The Morgan fingerprint density at radius 3 is 2.00 bits per heavy atom. The van der Waals surface area contributed by atoms with Gasteiger partial charge in [0, 0.05) is 24.8 Å². The van der Waals surface area contributed by atoms with Crippen LogP contribution in [-0.4, -0.2) is 10.2 Å². The second kappa shape index (κ2) is 8.85. The monoisotopic (exact) mass is 346 g/mol. The van der Waals surface area contributed by atoms with E-state index in [9.17, 15) is 4.79 Å². The van der Waals surface area contributed by atoms with E-state index >= 15 is 0 Å². The molecule has 0 heterocycles. The summed E-state index contributed by atoms with van der Waals surface area (Å²) >= 11 is 8.38. The van der Waals surface area contributed by atoms with Crippen molar-refractivity contribution in [3.63, 3.8) is 0 Å². The normalized spacial score (nSPS) is 10.3. The van der Waals surface area contributed by atoms with Crippen molar-refractivity contribution in [3.05, 3.63) is 65.7 Å². The topological polar surface area (TPSA) is 26.3 Å². The first-order valence-electron chi connectivity index (χ1n) is 7.28. The number of ether oxygens (including phenoxy) is 1. The number of hydrogen-bond acceptors (Lipinski definition) is 3. The molecule has 2 aromatic rings. The summed E-state index contributed by atoms with van der Waals surface area (Å²) in [4.78, 5) is 9.31. The minimum atomic E-state index is -0.139. The Hall–Kier alpha value is -1.65. The van der Waals surface area contributed by atoms with Crippen LogP contribution in [0.1, 0.15) is 38.8 Å². The van der Waals surface area contributed by atoms with Crippen LogP contribution in [0.25, 0.3) is 0 Å². The number of thiol groups is 1. The largest absolute Gasteiger partial charge is 0.450 e. The number of para-hydroxylation sites is 1. The van der Waals surface area contributed by atoms with E-state index in [1.807, 2.05) is 24.3 Å². The van der Waals surface area contributed by atoms with E-state index < -0.39 is 0 Å². The average Bonchev–Trinajstić information content (AvgIpc) is 2.47. The SMILES string of the molecule is CC(=O)S.CC(=S)Oc1ccccc1C(C)(C)c1ccccc1. The quantitative estimate of drug-likeness (QED) is 0.611. The van der Waals surface area contributed by atoms with Crippen molar-refractivity contribution < 1.29 is 9.53 Å². The van der Waals surface area contributed by atoms with Gasteiger partial charge < -0.3 is 4.74 Å². The summed E-state index contributed by atoms with van der Waals surface area (Å²) in [6.45, 7) is 7.58. The second-order valence-electron chi connectivity index (χ2n) is 5.60. The summed E-state index contributed by atoms with van der Waals surface area (Å²) in [5.74, 6) is 0.837. The zero-order valence-electron chi connectivity index (χ0n) is 13.9. The van der Waals surface area contributed by atoms with Crippen LogP contribution >= 0.6 is 24.8 Å². The highest BCUT2D eigenvalue weighted by atomic mass is 32.1. The molecule has 0 saturated carbocycles. The van der Waals surface area contributed by atoms with E-state index in [0.29, 0.717) is 5.05 Å². The van der Waals surface area contributed by atoms with Crippen molar-refractivity contribution >= 4 is 35.0 Å². The Balaban J connectivity index is 0.000000593. The van der Waals surface area contributed by atoms with Gasteiger partial charge in [-0.05, 0) is 23.8 Å². The van der Waals surface area contributed by atoms with Gasteiger partial charge >= 0.3 is 0 Å². The molecule has 0 aliphatic rings. The molecule has 0 atom stereocenters. The van der Waals surface area contributed by atoms with Crippen molar-refractivity contribution in [2.45, 2.75) is 33.1 Å². The van der Waals surface area contributed by atoms with E-state index in [0.717, 1.165) is 11.3 Å². The zero-order chi connectivity index (χ0) is 17.5. The smallest absolute Gasteiger partial charge is 0.182 e. The van der Waals surface area contributed by atoms with E-state index in [1.165, 1.54) is 12.5 Å². The summed E-state index contributed by atoms with van der Waals surface area (Å²) in [6, 6.07) is 18.5. The van der Waals surface area contributed by atoms with Gasteiger partial charge in [-0.2, -0.15) is 0 Å². The molecule has 0 N–H and O–H groups in total. The third kappa shape index (κ3) is 6.16. The highest BCUT2D eigenvalue weighted by Gasteiger charge is 2.26. The second-order valence-corrected chi connectivity index (χ2v) is 6.80. The molecule has 0 aliphatic heterocycles. The number of thiocarbonyl (C=S) groups is 1.